The van der Waals surface area contributed by atoms with E-state index in [1.54, 1.807) is 0 Å². The number of hydrogen-bond acceptors (Lipinski definition) is 2. The Kier molecular flexibility index (Phi) is 6.13. The van der Waals surface area contributed by atoms with Gasteiger partial charge in [-0.1, -0.05) is 27.2 Å². The Labute approximate surface area is 112 Å². The molecule has 1 rings (SSSR count). The summed E-state index contributed by atoms with van der Waals surface area (Å²) in [6.45, 7) is 9.96. The molecule has 0 bridgehead atoms. The Morgan fingerprint density at radius 1 is 1.39 bits per heavy atom. The average molecular weight is 255 g/mol. The Hall–Kier alpha value is -0.570. The van der Waals surface area contributed by atoms with Crippen LogP contribution >= 0.6 is 0 Å². The second-order valence-corrected chi connectivity index (χ2v) is 5.96. The largest absolute Gasteiger partial charge is 0.481 e. The fourth-order valence-electron chi connectivity index (χ4n) is 3.12. The number of aliphatic carboxylic acids is 1. The third-order valence-electron chi connectivity index (χ3n) is 4.59. The third kappa shape index (κ3) is 3.98. The molecule has 3 nitrogen and oxygen atoms in total. The first kappa shape index (κ1) is 15.5. The molecule has 4 atom stereocenters. The molecule has 3 heteroatoms. The second-order valence-electron chi connectivity index (χ2n) is 5.96. The molecule has 0 radical (unpaired) electrons. The van der Waals surface area contributed by atoms with Gasteiger partial charge in [-0.25, -0.2) is 0 Å². The molecule has 1 heterocycles. The van der Waals surface area contributed by atoms with Crippen molar-refractivity contribution in [3.05, 3.63) is 0 Å². The first-order chi connectivity index (χ1) is 8.49. The van der Waals surface area contributed by atoms with Crippen LogP contribution < -0.4 is 0 Å². The molecule has 0 aliphatic carbocycles. The fraction of sp³-hybridized carbons (Fsp3) is 0.933. The SMILES string of the molecule is CCC(C)CC(CC)N1CCC(C(=O)O)CC1C. The van der Waals surface area contributed by atoms with Crippen molar-refractivity contribution in [3.63, 3.8) is 0 Å². The number of piperidine rings is 1. The molecule has 0 aromatic heterocycles. The molecule has 18 heavy (non-hydrogen) atoms. The van der Waals surface area contributed by atoms with Crippen molar-refractivity contribution >= 4 is 5.97 Å². The maximum Gasteiger partial charge on any atom is 0.306 e. The first-order valence-corrected chi connectivity index (χ1v) is 7.48. The van der Waals surface area contributed by atoms with Crippen molar-refractivity contribution < 1.29 is 9.90 Å². The number of carboxylic acids is 1. The van der Waals surface area contributed by atoms with Crippen molar-refractivity contribution in [1.29, 1.82) is 0 Å². The molecule has 1 N–H and O–H groups in total. The number of hydrogen-bond donors (Lipinski definition) is 1. The third-order valence-corrected chi connectivity index (χ3v) is 4.59. The van der Waals surface area contributed by atoms with Crippen LogP contribution in [0.4, 0.5) is 0 Å². The van der Waals surface area contributed by atoms with Crippen molar-refractivity contribution in [2.45, 2.75) is 71.9 Å². The fourth-order valence-corrected chi connectivity index (χ4v) is 3.12. The molecule has 0 amide bonds. The minimum Gasteiger partial charge on any atom is -0.481 e. The van der Waals surface area contributed by atoms with Crippen LogP contribution in [0.1, 0.15) is 59.8 Å². The van der Waals surface area contributed by atoms with Gasteiger partial charge in [-0.2, -0.15) is 0 Å². The van der Waals surface area contributed by atoms with E-state index in [-0.39, 0.29) is 5.92 Å². The van der Waals surface area contributed by atoms with E-state index in [0.29, 0.717) is 12.1 Å². The van der Waals surface area contributed by atoms with E-state index in [1.807, 2.05) is 0 Å². The van der Waals surface area contributed by atoms with Crippen LogP contribution in [-0.2, 0) is 4.79 Å². The second kappa shape index (κ2) is 7.13. The van der Waals surface area contributed by atoms with Crippen molar-refractivity contribution in [3.8, 4) is 0 Å². The summed E-state index contributed by atoms with van der Waals surface area (Å²) in [6, 6.07) is 1.04. The van der Waals surface area contributed by atoms with Crippen LogP contribution in [0.5, 0.6) is 0 Å². The number of nitrogens with zero attached hydrogens (tertiary/aromatic N) is 1. The van der Waals surface area contributed by atoms with Crippen molar-refractivity contribution in [2.24, 2.45) is 11.8 Å². The highest BCUT2D eigenvalue weighted by atomic mass is 16.4. The molecule has 1 aliphatic heterocycles. The van der Waals surface area contributed by atoms with Crippen molar-refractivity contribution in [1.82, 2.24) is 4.90 Å². The molecular formula is C15H29NO2. The smallest absolute Gasteiger partial charge is 0.306 e. The minimum atomic E-state index is -0.614. The van der Waals surface area contributed by atoms with Crippen LogP contribution in [0.25, 0.3) is 0 Å². The van der Waals surface area contributed by atoms with E-state index in [0.717, 1.165) is 25.3 Å². The number of rotatable bonds is 6. The standard InChI is InChI=1S/C15H29NO2/c1-5-11(3)9-14(6-2)16-8-7-13(15(17)18)10-12(16)4/h11-14H,5-10H2,1-4H3,(H,17,18). The predicted molar refractivity (Wildman–Crippen MR) is 74.7 cm³/mol. The summed E-state index contributed by atoms with van der Waals surface area (Å²) in [6.07, 6.45) is 5.28. The van der Waals surface area contributed by atoms with Gasteiger partial charge in [0.05, 0.1) is 5.92 Å². The number of likely N-dealkylation sites (tertiary alicyclic amines) is 1. The van der Waals surface area contributed by atoms with Gasteiger partial charge in [0.1, 0.15) is 0 Å². The lowest BCUT2D eigenvalue weighted by atomic mass is 9.88. The molecule has 4 unspecified atom stereocenters. The van der Waals surface area contributed by atoms with Gasteiger partial charge in [-0.05, 0) is 45.1 Å². The molecule has 0 spiro atoms. The molecule has 0 saturated carbocycles. The van der Waals surface area contributed by atoms with E-state index >= 15 is 0 Å². The van der Waals surface area contributed by atoms with E-state index in [1.165, 1.54) is 19.3 Å². The lowest BCUT2D eigenvalue weighted by Gasteiger charge is -2.42. The summed E-state index contributed by atoms with van der Waals surface area (Å²) in [4.78, 5) is 13.6. The maximum absolute atomic E-state index is 11.1. The van der Waals surface area contributed by atoms with E-state index in [4.69, 9.17) is 5.11 Å². The Balaban J connectivity index is 2.57. The Morgan fingerprint density at radius 3 is 2.50 bits per heavy atom. The van der Waals surface area contributed by atoms with Crippen LogP contribution in [-0.4, -0.2) is 34.6 Å². The Bertz CT molecular complexity index is 267. The maximum atomic E-state index is 11.1. The molecule has 0 aromatic rings. The zero-order valence-electron chi connectivity index (χ0n) is 12.4. The van der Waals surface area contributed by atoms with E-state index in [9.17, 15) is 4.79 Å². The molecule has 1 aliphatic rings. The van der Waals surface area contributed by atoms with Gasteiger partial charge in [0.25, 0.3) is 0 Å². The highest BCUT2D eigenvalue weighted by molar-refractivity contribution is 5.70. The van der Waals surface area contributed by atoms with Gasteiger partial charge in [0.2, 0.25) is 0 Å². The predicted octanol–water partition coefficient (Wildman–Crippen LogP) is 3.39. The minimum absolute atomic E-state index is 0.127. The van der Waals surface area contributed by atoms with E-state index < -0.39 is 5.97 Å². The molecule has 1 fully saturated rings. The topological polar surface area (TPSA) is 40.5 Å². The summed E-state index contributed by atoms with van der Waals surface area (Å²) in [5, 5.41) is 9.10. The van der Waals surface area contributed by atoms with Gasteiger partial charge < -0.3 is 5.11 Å². The monoisotopic (exact) mass is 255 g/mol. The van der Waals surface area contributed by atoms with Crippen LogP contribution in [0.2, 0.25) is 0 Å². The van der Waals surface area contributed by atoms with Crippen LogP contribution in [0.3, 0.4) is 0 Å². The quantitative estimate of drug-likeness (QED) is 0.791. The summed E-state index contributed by atoms with van der Waals surface area (Å²) in [5.41, 5.74) is 0. The molecule has 1 saturated heterocycles. The van der Waals surface area contributed by atoms with Crippen LogP contribution in [0, 0.1) is 11.8 Å². The molecule has 0 aromatic carbocycles. The lowest BCUT2D eigenvalue weighted by molar-refractivity contribution is -0.144. The number of carbonyl (C=O) groups is 1. The van der Waals surface area contributed by atoms with Gasteiger partial charge >= 0.3 is 5.97 Å². The summed E-state index contributed by atoms with van der Waals surface area (Å²) in [5.74, 6) is 0.0215. The average Bonchev–Trinajstić information content (AvgIpc) is 2.35. The number of carboxylic acid groups (broad SMARTS) is 1. The zero-order chi connectivity index (χ0) is 13.7. The highest BCUT2D eigenvalue weighted by Gasteiger charge is 2.32. The lowest BCUT2D eigenvalue weighted by Crippen LogP contribution is -2.48. The summed E-state index contributed by atoms with van der Waals surface area (Å²) < 4.78 is 0. The normalized spacial score (nSPS) is 28.9. The highest BCUT2D eigenvalue weighted by Crippen LogP contribution is 2.28. The van der Waals surface area contributed by atoms with Crippen molar-refractivity contribution in [2.75, 3.05) is 6.54 Å². The Morgan fingerprint density at radius 2 is 2.06 bits per heavy atom. The molecular weight excluding hydrogens is 226 g/mol. The molecule has 106 valence electrons. The van der Waals surface area contributed by atoms with Gasteiger partial charge in [-0.15, -0.1) is 0 Å². The summed E-state index contributed by atoms with van der Waals surface area (Å²) >= 11 is 0. The summed E-state index contributed by atoms with van der Waals surface area (Å²) in [7, 11) is 0. The first-order valence-electron chi connectivity index (χ1n) is 7.48. The van der Waals surface area contributed by atoms with Gasteiger partial charge in [0.15, 0.2) is 0 Å². The van der Waals surface area contributed by atoms with Crippen LogP contribution in [0.15, 0.2) is 0 Å². The van der Waals surface area contributed by atoms with E-state index in [2.05, 4.69) is 32.6 Å². The zero-order valence-corrected chi connectivity index (χ0v) is 12.4. The van der Waals surface area contributed by atoms with Gasteiger partial charge in [0, 0.05) is 12.1 Å². The van der Waals surface area contributed by atoms with Gasteiger partial charge in [-0.3, -0.25) is 9.69 Å².